The number of hydrogen-bond donors (Lipinski definition) is 1. The van der Waals surface area contributed by atoms with Crippen LogP contribution in [0, 0.1) is 0 Å². The van der Waals surface area contributed by atoms with Crippen LogP contribution in [0.25, 0.3) is 0 Å². The Labute approximate surface area is 205 Å². The molecule has 0 spiro atoms. The average Bonchev–Trinajstić information content (AvgIpc) is 3.51. The van der Waals surface area contributed by atoms with E-state index in [1.54, 1.807) is 23.3 Å². The topological polar surface area (TPSA) is 61.9 Å². The van der Waals surface area contributed by atoms with Crippen molar-refractivity contribution in [1.29, 1.82) is 0 Å². The molecule has 7 heteroatoms. The van der Waals surface area contributed by atoms with Crippen LogP contribution in [0.15, 0.2) is 66.0 Å². The van der Waals surface area contributed by atoms with E-state index in [0.29, 0.717) is 25.2 Å². The van der Waals surface area contributed by atoms with Crippen LogP contribution >= 0.6 is 11.3 Å². The van der Waals surface area contributed by atoms with Gasteiger partial charge in [-0.1, -0.05) is 30.3 Å². The van der Waals surface area contributed by atoms with Crippen LogP contribution in [0.4, 0.5) is 11.4 Å². The quantitative estimate of drug-likeness (QED) is 0.449. The van der Waals surface area contributed by atoms with Crippen LogP contribution in [0.3, 0.4) is 0 Å². The maximum Gasteiger partial charge on any atom is 0.238 e. The number of hydrogen-bond acceptors (Lipinski definition) is 5. The number of amides is 2. The number of carbonyl (C=O) groups is 2. The van der Waals surface area contributed by atoms with E-state index in [1.165, 1.54) is 4.88 Å². The summed E-state index contributed by atoms with van der Waals surface area (Å²) in [6.45, 7) is 3.75. The van der Waals surface area contributed by atoms with E-state index in [9.17, 15) is 9.59 Å². The summed E-state index contributed by atoms with van der Waals surface area (Å²) in [5.74, 6) is 0.825. The third-order valence-corrected chi connectivity index (χ3v) is 7.03. The molecular formula is C27H31N3O3S. The number of benzene rings is 2. The van der Waals surface area contributed by atoms with E-state index in [4.69, 9.17) is 4.74 Å². The predicted octanol–water partition coefficient (Wildman–Crippen LogP) is 4.96. The highest BCUT2D eigenvalue weighted by atomic mass is 32.1. The largest absolute Gasteiger partial charge is 0.497 e. The number of ether oxygens (including phenoxy) is 1. The molecule has 0 unspecified atom stereocenters. The number of methoxy groups -OCH3 is 1. The third-order valence-electron chi connectivity index (χ3n) is 6.13. The molecule has 178 valence electrons. The van der Waals surface area contributed by atoms with E-state index in [0.717, 1.165) is 29.8 Å². The molecule has 34 heavy (non-hydrogen) atoms. The van der Waals surface area contributed by atoms with Gasteiger partial charge in [0.2, 0.25) is 11.8 Å². The molecule has 1 aromatic heterocycles. The first-order chi connectivity index (χ1) is 16.5. The summed E-state index contributed by atoms with van der Waals surface area (Å²) in [6.07, 6.45) is 2.27. The summed E-state index contributed by atoms with van der Waals surface area (Å²) in [4.78, 5) is 30.7. The van der Waals surface area contributed by atoms with Crippen LogP contribution in [-0.4, -0.2) is 43.0 Å². The zero-order valence-corrected chi connectivity index (χ0v) is 20.5. The molecule has 2 heterocycles. The van der Waals surface area contributed by atoms with Crippen molar-refractivity contribution in [2.75, 3.05) is 30.4 Å². The Balaban J connectivity index is 1.49. The molecule has 4 rings (SSSR count). The van der Waals surface area contributed by atoms with Gasteiger partial charge in [-0.15, -0.1) is 11.3 Å². The van der Waals surface area contributed by atoms with Gasteiger partial charge in [-0.3, -0.25) is 14.5 Å². The van der Waals surface area contributed by atoms with Crippen LogP contribution in [-0.2, 0) is 22.6 Å². The summed E-state index contributed by atoms with van der Waals surface area (Å²) in [5, 5.41) is 5.15. The Bertz CT molecular complexity index is 1100. The normalized spacial score (nSPS) is 14.4. The van der Waals surface area contributed by atoms with E-state index in [1.807, 2.05) is 48.5 Å². The lowest BCUT2D eigenvalue weighted by Gasteiger charge is -2.29. The van der Waals surface area contributed by atoms with Crippen LogP contribution in [0.5, 0.6) is 5.75 Å². The van der Waals surface area contributed by atoms with Gasteiger partial charge in [0, 0.05) is 30.4 Å². The summed E-state index contributed by atoms with van der Waals surface area (Å²) in [6, 6.07) is 19.9. The van der Waals surface area contributed by atoms with Crippen molar-refractivity contribution in [2.45, 2.75) is 38.8 Å². The van der Waals surface area contributed by atoms with Gasteiger partial charge in [-0.05, 0) is 61.0 Å². The van der Waals surface area contributed by atoms with E-state index >= 15 is 0 Å². The molecule has 1 atom stereocenters. The van der Waals surface area contributed by atoms with Gasteiger partial charge in [0.15, 0.2) is 0 Å². The van der Waals surface area contributed by atoms with Gasteiger partial charge in [-0.2, -0.15) is 0 Å². The highest BCUT2D eigenvalue weighted by Gasteiger charge is 2.25. The smallest absolute Gasteiger partial charge is 0.238 e. The summed E-state index contributed by atoms with van der Waals surface area (Å²) in [7, 11) is 1.66. The Hall–Kier alpha value is -3.16. The molecule has 3 aromatic rings. The first kappa shape index (κ1) is 24.0. The molecule has 1 aliphatic heterocycles. The minimum atomic E-state index is -0.0920. The van der Waals surface area contributed by atoms with Crippen molar-refractivity contribution in [1.82, 2.24) is 4.90 Å². The van der Waals surface area contributed by atoms with Crippen molar-refractivity contribution in [3.05, 3.63) is 76.5 Å². The molecule has 1 fully saturated rings. The number of thiophene rings is 1. The van der Waals surface area contributed by atoms with Gasteiger partial charge in [-0.25, -0.2) is 0 Å². The van der Waals surface area contributed by atoms with Gasteiger partial charge >= 0.3 is 0 Å². The van der Waals surface area contributed by atoms with Crippen LogP contribution < -0.4 is 15.0 Å². The summed E-state index contributed by atoms with van der Waals surface area (Å²) >= 11 is 1.74. The number of para-hydroxylation sites is 2. The van der Waals surface area contributed by atoms with Gasteiger partial charge in [0.05, 0.1) is 25.0 Å². The van der Waals surface area contributed by atoms with Crippen molar-refractivity contribution < 1.29 is 14.3 Å². The van der Waals surface area contributed by atoms with Crippen molar-refractivity contribution in [2.24, 2.45) is 0 Å². The first-order valence-corrected chi connectivity index (χ1v) is 12.5. The molecule has 6 nitrogen and oxygen atoms in total. The van der Waals surface area contributed by atoms with Crippen molar-refractivity contribution >= 4 is 34.5 Å². The SMILES string of the molecule is COc1ccc(CN(CC(=O)Nc2ccccc2N2CCCC2=O)[C@@H](C)Cc2cccs2)cc1. The Morgan fingerprint density at radius 1 is 1.15 bits per heavy atom. The fraction of sp³-hybridized carbons (Fsp3) is 0.333. The first-order valence-electron chi connectivity index (χ1n) is 11.6. The van der Waals surface area contributed by atoms with Crippen molar-refractivity contribution in [3.63, 3.8) is 0 Å². The van der Waals surface area contributed by atoms with Gasteiger partial charge < -0.3 is 15.0 Å². The van der Waals surface area contributed by atoms with Crippen LogP contribution in [0.1, 0.15) is 30.2 Å². The standard InChI is InChI=1S/C27H31N3O3S/c1-20(17-23-7-6-16-34-23)29(18-21-11-13-22(33-2)14-12-21)19-26(31)28-24-8-3-4-9-25(24)30-15-5-10-27(30)32/h3-4,6-9,11-14,16,20H,5,10,15,17-19H2,1-2H3,(H,28,31)/t20-/m0/s1. The fourth-order valence-corrected chi connectivity index (χ4v) is 5.10. The molecule has 1 saturated heterocycles. The second-order valence-corrected chi connectivity index (χ2v) is 9.63. The van der Waals surface area contributed by atoms with E-state index < -0.39 is 0 Å². The van der Waals surface area contributed by atoms with Gasteiger partial charge in [0.1, 0.15) is 5.75 Å². The lowest BCUT2D eigenvalue weighted by molar-refractivity contribution is -0.118. The molecular weight excluding hydrogens is 446 g/mol. The zero-order chi connectivity index (χ0) is 23.9. The average molecular weight is 478 g/mol. The molecule has 1 aliphatic rings. The van der Waals surface area contributed by atoms with E-state index in [2.05, 4.69) is 34.7 Å². The number of rotatable bonds is 10. The molecule has 2 aromatic carbocycles. The Kier molecular flexibility index (Phi) is 7.98. The predicted molar refractivity (Wildman–Crippen MR) is 138 cm³/mol. The maximum atomic E-state index is 13.2. The molecule has 1 N–H and O–H groups in total. The maximum absolute atomic E-state index is 13.2. The fourth-order valence-electron chi connectivity index (χ4n) is 4.27. The monoisotopic (exact) mass is 477 g/mol. The third kappa shape index (κ3) is 6.04. The molecule has 2 amide bonds. The lowest BCUT2D eigenvalue weighted by Crippen LogP contribution is -2.40. The molecule has 0 bridgehead atoms. The minimum Gasteiger partial charge on any atom is -0.497 e. The number of nitrogens with one attached hydrogen (secondary N) is 1. The second kappa shape index (κ2) is 11.3. The number of anilines is 2. The minimum absolute atomic E-state index is 0.0920. The lowest BCUT2D eigenvalue weighted by atomic mass is 10.1. The molecule has 0 saturated carbocycles. The highest BCUT2D eigenvalue weighted by Crippen LogP contribution is 2.29. The number of carbonyl (C=O) groups excluding carboxylic acids is 2. The van der Waals surface area contributed by atoms with Crippen LogP contribution in [0.2, 0.25) is 0 Å². The summed E-state index contributed by atoms with van der Waals surface area (Å²) in [5.41, 5.74) is 2.57. The van der Waals surface area contributed by atoms with E-state index in [-0.39, 0.29) is 24.4 Å². The van der Waals surface area contributed by atoms with Crippen molar-refractivity contribution in [3.8, 4) is 5.75 Å². The Morgan fingerprint density at radius 3 is 2.62 bits per heavy atom. The molecule has 0 radical (unpaired) electrons. The second-order valence-electron chi connectivity index (χ2n) is 8.60. The Morgan fingerprint density at radius 2 is 1.94 bits per heavy atom. The van der Waals surface area contributed by atoms with Gasteiger partial charge in [0.25, 0.3) is 0 Å². The zero-order valence-electron chi connectivity index (χ0n) is 19.7. The highest BCUT2D eigenvalue weighted by molar-refractivity contribution is 7.09. The summed E-state index contributed by atoms with van der Waals surface area (Å²) < 4.78 is 5.28. The molecule has 0 aliphatic carbocycles. The number of nitrogens with zero attached hydrogens (tertiary/aromatic N) is 2.